The monoisotopic (exact) mass is 329 g/mol. The van der Waals surface area contributed by atoms with Crippen molar-refractivity contribution in [1.29, 1.82) is 0 Å². The number of rotatable bonds is 5. The van der Waals surface area contributed by atoms with Crippen LogP contribution >= 0.6 is 0 Å². The Morgan fingerprint density at radius 3 is 2.17 bits per heavy atom. The highest BCUT2D eigenvalue weighted by Gasteiger charge is 2.38. The first kappa shape index (κ1) is 17.9. The topological polar surface area (TPSA) is 3.24 Å². The standard InChI is InChI=1S/C22H37N2/c1-4-24(19(2)3)17-15-23(16-18-24)22(20-11-7-5-8-12-20)21-13-9-6-10-14-21/h5,7-8,11-12,19,21-22H,4,6,9-10,13-18H2,1-3H3/q+1. The minimum absolute atomic E-state index is 0.651. The molecule has 134 valence electrons. The minimum Gasteiger partial charge on any atom is -0.320 e. The third-order valence-electron chi connectivity index (χ3n) is 7.02. The number of hydrogen-bond donors (Lipinski definition) is 0. The van der Waals surface area contributed by atoms with Crippen molar-refractivity contribution in [2.45, 2.75) is 65.0 Å². The second-order valence-electron chi connectivity index (χ2n) is 8.37. The molecule has 1 aromatic carbocycles. The Hall–Kier alpha value is -0.860. The Balaban J connectivity index is 1.77. The summed E-state index contributed by atoms with van der Waals surface area (Å²) in [4.78, 5) is 2.83. The number of quaternary nitrogens is 1. The van der Waals surface area contributed by atoms with Crippen LogP contribution < -0.4 is 0 Å². The molecule has 1 aliphatic carbocycles. The van der Waals surface area contributed by atoms with Crippen LogP contribution in [0.1, 0.15) is 64.5 Å². The van der Waals surface area contributed by atoms with Crippen LogP contribution in [0.15, 0.2) is 30.3 Å². The molecule has 24 heavy (non-hydrogen) atoms. The first-order valence-electron chi connectivity index (χ1n) is 10.3. The van der Waals surface area contributed by atoms with Gasteiger partial charge in [0.2, 0.25) is 0 Å². The van der Waals surface area contributed by atoms with E-state index in [1.54, 1.807) is 5.56 Å². The Labute approximate surface area is 149 Å². The van der Waals surface area contributed by atoms with Gasteiger partial charge in [0.25, 0.3) is 0 Å². The van der Waals surface area contributed by atoms with Gasteiger partial charge in [-0.25, -0.2) is 0 Å². The highest BCUT2D eigenvalue weighted by molar-refractivity contribution is 5.20. The summed E-state index contributed by atoms with van der Waals surface area (Å²) < 4.78 is 1.31. The molecular formula is C22H37N2+. The molecule has 1 unspecified atom stereocenters. The SMILES string of the molecule is CC[N+]1(C(C)C)CCN(C(c2ccccc2)C2CCCCC2)CC1. The molecule has 1 heterocycles. The molecule has 0 aromatic heterocycles. The number of piperazine rings is 1. The van der Waals surface area contributed by atoms with Gasteiger partial charge < -0.3 is 4.48 Å². The molecule has 1 atom stereocenters. The average molecular weight is 330 g/mol. The van der Waals surface area contributed by atoms with Crippen LogP contribution in [-0.4, -0.2) is 48.1 Å². The van der Waals surface area contributed by atoms with Crippen molar-refractivity contribution in [3.05, 3.63) is 35.9 Å². The van der Waals surface area contributed by atoms with Gasteiger partial charge in [0, 0.05) is 19.1 Å². The van der Waals surface area contributed by atoms with Gasteiger partial charge in [0.15, 0.2) is 0 Å². The Bertz CT molecular complexity index is 482. The van der Waals surface area contributed by atoms with Crippen LogP contribution in [0.2, 0.25) is 0 Å². The van der Waals surface area contributed by atoms with E-state index in [1.165, 1.54) is 69.3 Å². The number of hydrogen-bond acceptors (Lipinski definition) is 1. The summed E-state index contributed by atoms with van der Waals surface area (Å²) in [6.45, 7) is 13.7. The van der Waals surface area contributed by atoms with E-state index in [2.05, 4.69) is 56.0 Å². The van der Waals surface area contributed by atoms with Gasteiger partial charge in [0.05, 0.1) is 25.7 Å². The largest absolute Gasteiger partial charge is 0.320 e. The maximum Gasteiger partial charge on any atom is 0.0918 e. The zero-order chi connectivity index (χ0) is 17.0. The summed E-state index contributed by atoms with van der Waals surface area (Å²) in [5, 5.41) is 0. The number of likely N-dealkylation sites (N-methyl/N-ethyl adjacent to an activating group) is 1. The van der Waals surface area contributed by atoms with Crippen molar-refractivity contribution in [3.8, 4) is 0 Å². The second-order valence-corrected chi connectivity index (χ2v) is 8.37. The molecule has 2 fully saturated rings. The first-order valence-corrected chi connectivity index (χ1v) is 10.3. The smallest absolute Gasteiger partial charge is 0.0918 e. The first-order chi connectivity index (χ1) is 11.7. The fourth-order valence-corrected chi connectivity index (χ4v) is 5.24. The molecule has 1 aliphatic heterocycles. The summed E-state index contributed by atoms with van der Waals surface area (Å²) in [6, 6.07) is 12.8. The van der Waals surface area contributed by atoms with Crippen molar-refractivity contribution >= 4 is 0 Å². The van der Waals surface area contributed by atoms with Crippen LogP contribution in [0, 0.1) is 5.92 Å². The molecule has 3 rings (SSSR count). The Morgan fingerprint density at radius 1 is 1.00 bits per heavy atom. The van der Waals surface area contributed by atoms with E-state index >= 15 is 0 Å². The third-order valence-corrected chi connectivity index (χ3v) is 7.02. The molecule has 2 heteroatoms. The van der Waals surface area contributed by atoms with Crippen molar-refractivity contribution in [2.24, 2.45) is 5.92 Å². The molecule has 1 aromatic rings. The van der Waals surface area contributed by atoms with E-state index < -0.39 is 0 Å². The molecule has 2 nitrogen and oxygen atoms in total. The van der Waals surface area contributed by atoms with Crippen molar-refractivity contribution in [2.75, 3.05) is 32.7 Å². The van der Waals surface area contributed by atoms with Gasteiger partial charge in [-0.05, 0) is 45.1 Å². The van der Waals surface area contributed by atoms with E-state index in [1.807, 2.05) is 0 Å². The maximum absolute atomic E-state index is 2.83. The van der Waals surface area contributed by atoms with Crippen LogP contribution in [0.25, 0.3) is 0 Å². The summed E-state index contributed by atoms with van der Waals surface area (Å²) >= 11 is 0. The van der Waals surface area contributed by atoms with E-state index in [9.17, 15) is 0 Å². The van der Waals surface area contributed by atoms with Crippen LogP contribution in [0.5, 0.6) is 0 Å². The molecule has 1 saturated heterocycles. The van der Waals surface area contributed by atoms with Gasteiger partial charge in [-0.3, -0.25) is 4.90 Å². The molecule has 0 radical (unpaired) electrons. The van der Waals surface area contributed by atoms with Gasteiger partial charge in [-0.2, -0.15) is 0 Å². The van der Waals surface area contributed by atoms with E-state index in [-0.39, 0.29) is 0 Å². The molecule has 0 spiro atoms. The third kappa shape index (κ3) is 3.70. The number of nitrogens with zero attached hydrogens (tertiary/aromatic N) is 2. The second kappa shape index (κ2) is 8.01. The number of benzene rings is 1. The molecule has 0 amide bonds. The lowest BCUT2D eigenvalue weighted by atomic mass is 9.80. The van der Waals surface area contributed by atoms with E-state index in [0.717, 1.165) is 12.0 Å². The summed E-state index contributed by atoms with van der Waals surface area (Å²) in [7, 11) is 0. The fourth-order valence-electron chi connectivity index (χ4n) is 5.24. The van der Waals surface area contributed by atoms with Crippen molar-refractivity contribution in [1.82, 2.24) is 4.90 Å². The lowest BCUT2D eigenvalue weighted by Gasteiger charge is -2.50. The zero-order valence-electron chi connectivity index (χ0n) is 16.1. The normalized spacial score (nSPS) is 24.2. The van der Waals surface area contributed by atoms with Crippen LogP contribution in [0.3, 0.4) is 0 Å². The molecule has 0 N–H and O–H groups in total. The molecular weight excluding hydrogens is 292 g/mol. The summed E-state index contributed by atoms with van der Waals surface area (Å²) in [5.41, 5.74) is 1.56. The van der Waals surface area contributed by atoms with Gasteiger partial charge in [0.1, 0.15) is 0 Å². The summed E-state index contributed by atoms with van der Waals surface area (Å²) in [5.74, 6) is 0.863. The van der Waals surface area contributed by atoms with Crippen molar-refractivity contribution < 1.29 is 4.48 Å². The lowest BCUT2D eigenvalue weighted by Crippen LogP contribution is -2.63. The predicted octanol–water partition coefficient (Wildman–Crippen LogP) is 4.87. The fraction of sp³-hybridized carbons (Fsp3) is 0.727. The quantitative estimate of drug-likeness (QED) is 0.697. The lowest BCUT2D eigenvalue weighted by molar-refractivity contribution is -0.950. The van der Waals surface area contributed by atoms with Gasteiger partial charge >= 0.3 is 0 Å². The molecule has 1 saturated carbocycles. The Kier molecular flexibility index (Phi) is 5.99. The highest BCUT2D eigenvalue weighted by atomic mass is 15.4. The van der Waals surface area contributed by atoms with Crippen LogP contribution in [-0.2, 0) is 0 Å². The van der Waals surface area contributed by atoms with E-state index in [4.69, 9.17) is 0 Å². The van der Waals surface area contributed by atoms with Gasteiger partial charge in [-0.15, -0.1) is 0 Å². The maximum atomic E-state index is 2.83. The average Bonchev–Trinajstić information content (AvgIpc) is 2.64. The molecule has 2 aliphatic rings. The van der Waals surface area contributed by atoms with Crippen molar-refractivity contribution in [3.63, 3.8) is 0 Å². The summed E-state index contributed by atoms with van der Waals surface area (Å²) in [6.07, 6.45) is 7.16. The van der Waals surface area contributed by atoms with Crippen LogP contribution in [0.4, 0.5) is 0 Å². The predicted molar refractivity (Wildman–Crippen MR) is 103 cm³/mol. The highest BCUT2D eigenvalue weighted by Crippen LogP contribution is 2.39. The van der Waals surface area contributed by atoms with E-state index in [0.29, 0.717) is 6.04 Å². The Morgan fingerprint density at radius 2 is 1.62 bits per heavy atom. The molecule has 0 bridgehead atoms. The zero-order valence-corrected chi connectivity index (χ0v) is 16.1. The van der Waals surface area contributed by atoms with Gasteiger partial charge in [-0.1, -0.05) is 49.6 Å². The minimum atomic E-state index is 0.651.